The molecule has 2 aromatic rings. The van der Waals surface area contributed by atoms with Crippen LogP contribution in [0.1, 0.15) is 51.0 Å². The van der Waals surface area contributed by atoms with E-state index >= 15 is 0 Å². The molecule has 0 fully saturated rings. The van der Waals surface area contributed by atoms with Crippen LogP contribution < -0.4 is 5.32 Å². The predicted molar refractivity (Wildman–Crippen MR) is 86.4 cm³/mol. The summed E-state index contributed by atoms with van der Waals surface area (Å²) < 4.78 is 1.13. The van der Waals surface area contributed by atoms with Crippen LogP contribution in [0, 0.1) is 6.92 Å². The SMILES string of the molecule is CCCCCCCC(=O)Nc1nc2ccc(C)cc2s1. The summed E-state index contributed by atoms with van der Waals surface area (Å²) in [5.41, 5.74) is 2.17. The van der Waals surface area contributed by atoms with Crippen molar-refractivity contribution in [1.82, 2.24) is 4.98 Å². The average molecular weight is 290 g/mol. The Hall–Kier alpha value is -1.42. The van der Waals surface area contributed by atoms with Gasteiger partial charge in [-0.05, 0) is 31.0 Å². The normalized spacial score (nSPS) is 10.9. The number of rotatable bonds is 7. The van der Waals surface area contributed by atoms with E-state index in [9.17, 15) is 4.79 Å². The monoisotopic (exact) mass is 290 g/mol. The lowest BCUT2D eigenvalue weighted by atomic mass is 10.1. The van der Waals surface area contributed by atoms with Gasteiger partial charge >= 0.3 is 0 Å². The summed E-state index contributed by atoms with van der Waals surface area (Å²) in [6, 6.07) is 6.15. The Balaban J connectivity index is 1.83. The molecule has 0 aliphatic carbocycles. The number of nitrogens with zero attached hydrogens (tertiary/aromatic N) is 1. The van der Waals surface area contributed by atoms with Crippen molar-refractivity contribution in [3.05, 3.63) is 23.8 Å². The molecule has 0 spiro atoms. The number of unbranched alkanes of at least 4 members (excludes halogenated alkanes) is 4. The first-order chi connectivity index (χ1) is 9.69. The van der Waals surface area contributed by atoms with E-state index in [2.05, 4.69) is 30.2 Å². The molecule has 1 amide bonds. The minimum atomic E-state index is 0.0808. The van der Waals surface area contributed by atoms with Gasteiger partial charge in [-0.2, -0.15) is 0 Å². The summed E-state index contributed by atoms with van der Waals surface area (Å²) >= 11 is 1.54. The Bertz CT molecular complexity index is 577. The number of fused-ring (bicyclic) bond motifs is 1. The maximum absolute atomic E-state index is 11.8. The van der Waals surface area contributed by atoms with Crippen LogP contribution in [0.3, 0.4) is 0 Å². The van der Waals surface area contributed by atoms with Crippen LogP contribution in [-0.4, -0.2) is 10.9 Å². The maximum Gasteiger partial charge on any atom is 0.226 e. The lowest BCUT2D eigenvalue weighted by Crippen LogP contribution is -2.10. The fourth-order valence-electron chi connectivity index (χ4n) is 2.16. The fraction of sp³-hybridized carbons (Fsp3) is 0.500. The van der Waals surface area contributed by atoms with E-state index in [4.69, 9.17) is 0 Å². The Morgan fingerprint density at radius 3 is 2.85 bits per heavy atom. The first-order valence-corrected chi connectivity index (χ1v) is 8.17. The molecule has 1 heterocycles. The fourth-order valence-corrected chi connectivity index (χ4v) is 3.14. The number of aromatic nitrogens is 1. The largest absolute Gasteiger partial charge is 0.302 e. The molecule has 1 aromatic carbocycles. The second kappa shape index (κ2) is 7.39. The standard InChI is InChI=1S/C16H22N2OS/c1-3-4-5-6-7-8-15(19)18-16-17-13-10-9-12(2)11-14(13)20-16/h9-11H,3-8H2,1-2H3,(H,17,18,19). The zero-order valence-electron chi connectivity index (χ0n) is 12.2. The molecule has 1 aromatic heterocycles. The molecule has 20 heavy (non-hydrogen) atoms. The number of benzene rings is 1. The molecule has 3 nitrogen and oxygen atoms in total. The second-order valence-corrected chi connectivity index (χ2v) is 6.23. The lowest BCUT2D eigenvalue weighted by molar-refractivity contribution is -0.116. The van der Waals surface area contributed by atoms with Crippen LogP contribution in [0.25, 0.3) is 10.2 Å². The molecule has 0 atom stereocenters. The second-order valence-electron chi connectivity index (χ2n) is 5.20. The number of carbonyl (C=O) groups excluding carboxylic acids is 1. The molecular formula is C16H22N2OS. The Labute approximate surface area is 124 Å². The molecule has 0 aliphatic rings. The van der Waals surface area contributed by atoms with Crippen molar-refractivity contribution in [3.63, 3.8) is 0 Å². The van der Waals surface area contributed by atoms with Gasteiger partial charge in [0, 0.05) is 6.42 Å². The van der Waals surface area contributed by atoms with E-state index in [-0.39, 0.29) is 5.91 Å². The third kappa shape index (κ3) is 4.30. The smallest absolute Gasteiger partial charge is 0.226 e. The molecule has 0 radical (unpaired) electrons. The van der Waals surface area contributed by atoms with Crippen molar-refractivity contribution in [1.29, 1.82) is 0 Å². The van der Waals surface area contributed by atoms with Gasteiger partial charge in [0.1, 0.15) is 0 Å². The molecule has 4 heteroatoms. The Morgan fingerprint density at radius 1 is 1.25 bits per heavy atom. The van der Waals surface area contributed by atoms with E-state index < -0.39 is 0 Å². The van der Waals surface area contributed by atoms with Crippen LogP contribution in [0.5, 0.6) is 0 Å². The highest BCUT2D eigenvalue weighted by atomic mass is 32.1. The van der Waals surface area contributed by atoms with Crippen LogP contribution in [0.15, 0.2) is 18.2 Å². The summed E-state index contributed by atoms with van der Waals surface area (Å²) in [4.78, 5) is 16.3. The summed E-state index contributed by atoms with van der Waals surface area (Å²) in [5.74, 6) is 0.0808. The quantitative estimate of drug-likeness (QED) is 0.737. The highest BCUT2D eigenvalue weighted by Crippen LogP contribution is 2.26. The van der Waals surface area contributed by atoms with Gasteiger partial charge in [-0.3, -0.25) is 4.79 Å². The lowest BCUT2D eigenvalue weighted by Gasteiger charge is -2.01. The molecule has 0 saturated carbocycles. The van der Waals surface area contributed by atoms with Crippen LogP contribution >= 0.6 is 11.3 Å². The maximum atomic E-state index is 11.8. The van der Waals surface area contributed by atoms with Gasteiger partial charge in [-0.15, -0.1) is 0 Å². The van der Waals surface area contributed by atoms with Crippen molar-refractivity contribution in [2.24, 2.45) is 0 Å². The minimum Gasteiger partial charge on any atom is -0.302 e. The molecule has 0 bridgehead atoms. The number of nitrogens with one attached hydrogen (secondary N) is 1. The zero-order chi connectivity index (χ0) is 14.4. The molecule has 0 saturated heterocycles. The van der Waals surface area contributed by atoms with Gasteiger partial charge < -0.3 is 5.32 Å². The van der Waals surface area contributed by atoms with Crippen molar-refractivity contribution in [2.45, 2.75) is 52.4 Å². The highest BCUT2D eigenvalue weighted by Gasteiger charge is 2.07. The van der Waals surface area contributed by atoms with Gasteiger partial charge in [0.2, 0.25) is 5.91 Å². The third-order valence-corrected chi connectivity index (χ3v) is 4.23. The average Bonchev–Trinajstić information content (AvgIpc) is 2.79. The summed E-state index contributed by atoms with van der Waals surface area (Å²) in [5, 5.41) is 3.62. The van der Waals surface area contributed by atoms with Crippen molar-refractivity contribution in [2.75, 3.05) is 5.32 Å². The topological polar surface area (TPSA) is 42.0 Å². The number of aryl methyl sites for hydroxylation is 1. The first-order valence-electron chi connectivity index (χ1n) is 7.36. The number of amides is 1. The van der Waals surface area contributed by atoms with Gasteiger partial charge in [0.15, 0.2) is 5.13 Å². The molecule has 0 unspecified atom stereocenters. The van der Waals surface area contributed by atoms with Crippen molar-refractivity contribution in [3.8, 4) is 0 Å². The summed E-state index contributed by atoms with van der Waals surface area (Å²) in [6.07, 6.45) is 6.43. The first kappa shape index (κ1) is 15.0. The minimum absolute atomic E-state index is 0.0808. The molecule has 108 valence electrons. The van der Waals surface area contributed by atoms with Gasteiger partial charge in [0.25, 0.3) is 0 Å². The Kier molecular flexibility index (Phi) is 5.53. The molecule has 0 aliphatic heterocycles. The zero-order valence-corrected chi connectivity index (χ0v) is 13.1. The van der Waals surface area contributed by atoms with Crippen molar-refractivity contribution >= 4 is 32.6 Å². The van der Waals surface area contributed by atoms with Gasteiger partial charge in [-0.25, -0.2) is 4.98 Å². The third-order valence-electron chi connectivity index (χ3n) is 3.30. The van der Waals surface area contributed by atoms with E-state index in [0.29, 0.717) is 11.6 Å². The van der Waals surface area contributed by atoms with Crippen LogP contribution in [0.2, 0.25) is 0 Å². The van der Waals surface area contributed by atoms with E-state index in [1.54, 1.807) is 11.3 Å². The van der Waals surface area contributed by atoms with E-state index in [1.165, 1.54) is 24.8 Å². The van der Waals surface area contributed by atoms with Crippen molar-refractivity contribution < 1.29 is 4.79 Å². The number of thiazole rings is 1. The van der Waals surface area contributed by atoms with E-state index in [1.807, 2.05) is 12.1 Å². The van der Waals surface area contributed by atoms with Gasteiger partial charge in [-0.1, -0.05) is 50.0 Å². The molecule has 1 N–H and O–H groups in total. The number of carbonyl (C=O) groups is 1. The highest BCUT2D eigenvalue weighted by molar-refractivity contribution is 7.22. The molecular weight excluding hydrogens is 268 g/mol. The van der Waals surface area contributed by atoms with Crippen LogP contribution in [-0.2, 0) is 4.79 Å². The summed E-state index contributed by atoms with van der Waals surface area (Å²) in [7, 11) is 0. The number of hydrogen-bond donors (Lipinski definition) is 1. The van der Waals surface area contributed by atoms with E-state index in [0.717, 1.165) is 23.1 Å². The number of anilines is 1. The summed E-state index contributed by atoms with van der Waals surface area (Å²) in [6.45, 7) is 4.26. The predicted octanol–water partition coefficient (Wildman–Crippen LogP) is 4.90. The Morgan fingerprint density at radius 2 is 2.05 bits per heavy atom. The van der Waals surface area contributed by atoms with Gasteiger partial charge in [0.05, 0.1) is 10.2 Å². The van der Waals surface area contributed by atoms with Crippen LogP contribution in [0.4, 0.5) is 5.13 Å². The number of hydrogen-bond acceptors (Lipinski definition) is 3. The molecule has 2 rings (SSSR count).